The number of nitrogens with zero attached hydrogens (tertiary/aromatic N) is 4. The topological polar surface area (TPSA) is 67.6 Å². The lowest BCUT2D eigenvalue weighted by atomic mass is 9.98. The zero-order valence-corrected chi connectivity index (χ0v) is 17.0. The number of carbonyl (C=O) groups excluding carboxylic acids is 2. The summed E-state index contributed by atoms with van der Waals surface area (Å²) in [6.45, 7) is 4.50. The molecule has 1 aliphatic carbocycles. The van der Waals surface area contributed by atoms with Crippen molar-refractivity contribution in [2.45, 2.75) is 70.3 Å². The molecule has 0 aromatic carbocycles. The summed E-state index contributed by atoms with van der Waals surface area (Å²) in [7, 11) is 0. The van der Waals surface area contributed by atoms with E-state index in [0.717, 1.165) is 71.2 Å². The van der Waals surface area contributed by atoms with Crippen LogP contribution in [0.4, 0.5) is 4.79 Å². The lowest BCUT2D eigenvalue weighted by Gasteiger charge is -2.31. The van der Waals surface area contributed by atoms with Gasteiger partial charge in [-0.15, -0.1) is 0 Å². The van der Waals surface area contributed by atoms with E-state index in [1.165, 1.54) is 19.3 Å². The van der Waals surface area contributed by atoms with Crippen LogP contribution in [0.1, 0.15) is 64.2 Å². The highest BCUT2D eigenvalue weighted by molar-refractivity contribution is 5.77. The number of rotatable bonds is 4. The average Bonchev–Trinajstić information content (AvgIpc) is 3.42. The third-order valence-electron chi connectivity index (χ3n) is 7.47. The lowest BCUT2D eigenvalue weighted by Crippen LogP contribution is -2.44. The Hall–Kier alpha value is -1.77. The predicted octanol–water partition coefficient (Wildman–Crippen LogP) is 3.24. The van der Waals surface area contributed by atoms with Crippen molar-refractivity contribution < 1.29 is 9.59 Å². The number of nitriles is 1. The standard InChI is InChI=1S/C22H34N4O2/c23-14-20-7-5-11-26(20)21(27)8-4-6-17-12-18-15-25(16-19(18)13-17)22(28)24-9-2-1-3-10-24/h17-20H,1-13,15-16H2/t17?,18-,19+,20-/m0/s1. The van der Waals surface area contributed by atoms with Gasteiger partial charge in [0, 0.05) is 39.1 Å². The van der Waals surface area contributed by atoms with Crippen LogP contribution < -0.4 is 0 Å². The molecule has 3 amide bonds. The van der Waals surface area contributed by atoms with E-state index in [1.807, 2.05) is 0 Å². The van der Waals surface area contributed by atoms with Crippen LogP contribution in [0.2, 0.25) is 0 Å². The van der Waals surface area contributed by atoms with Crippen molar-refractivity contribution in [3.05, 3.63) is 0 Å². The number of carbonyl (C=O) groups is 2. The fraction of sp³-hybridized carbons (Fsp3) is 0.864. The summed E-state index contributed by atoms with van der Waals surface area (Å²) in [5.41, 5.74) is 0. The molecule has 1 unspecified atom stereocenters. The van der Waals surface area contributed by atoms with Crippen molar-refractivity contribution in [2.75, 3.05) is 32.7 Å². The summed E-state index contributed by atoms with van der Waals surface area (Å²) in [6, 6.07) is 2.34. The van der Waals surface area contributed by atoms with Crippen LogP contribution in [0.5, 0.6) is 0 Å². The first-order valence-corrected chi connectivity index (χ1v) is 11.4. The Labute approximate surface area is 168 Å². The Morgan fingerprint density at radius 1 is 0.929 bits per heavy atom. The highest BCUT2D eigenvalue weighted by Gasteiger charge is 2.43. The van der Waals surface area contributed by atoms with E-state index in [4.69, 9.17) is 5.26 Å². The zero-order valence-electron chi connectivity index (χ0n) is 17.0. The maximum absolute atomic E-state index is 12.7. The number of fused-ring (bicyclic) bond motifs is 1. The lowest BCUT2D eigenvalue weighted by molar-refractivity contribution is -0.131. The SMILES string of the molecule is N#C[C@@H]1CCCN1C(=O)CCCC1C[C@@H]2CN(C(=O)N3CCCCC3)C[C@@H]2C1. The van der Waals surface area contributed by atoms with Gasteiger partial charge in [-0.1, -0.05) is 0 Å². The summed E-state index contributed by atoms with van der Waals surface area (Å²) in [5.74, 6) is 2.20. The van der Waals surface area contributed by atoms with Crippen LogP contribution in [0.15, 0.2) is 0 Å². The number of piperidine rings is 1. The van der Waals surface area contributed by atoms with Gasteiger partial charge in [0.15, 0.2) is 0 Å². The van der Waals surface area contributed by atoms with Gasteiger partial charge >= 0.3 is 6.03 Å². The summed E-state index contributed by atoms with van der Waals surface area (Å²) in [5, 5.41) is 9.14. The minimum atomic E-state index is -0.193. The largest absolute Gasteiger partial charge is 0.327 e. The molecule has 4 rings (SSSR count). The first-order chi connectivity index (χ1) is 13.7. The van der Waals surface area contributed by atoms with E-state index in [9.17, 15) is 9.59 Å². The van der Waals surface area contributed by atoms with Crippen LogP contribution in [0.3, 0.4) is 0 Å². The molecule has 0 aromatic heterocycles. The molecule has 154 valence electrons. The summed E-state index contributed by atoms with van der Waals surface area (Å²) >= 11 is 0. The van der Waals surface area contributed by atoms with E-state index >= 15 is 0 Å². The second-order valence-corrected chi connectivity index (χ2v) is 9.36. The molecule has 4 fully saturated rings. The maximum Gasteiger partial charge on any atom is 0.320 e. The summed E-state index contributed by atoms with van der Waals surface area (Å²) in [6.07, 6.45) is 10.4. The number of hydrogen-bond acceptors (Lipinski definition) is 3. The molecule has 1 saturated carbocycles. The molecule has 6 nitrogen and oxygen atoms in total. The normalized spacial score (nSPS) is 32.5. The molecule has 0 aromatic rings. The van der Waals surface area contributed by atoms with Crippen molar-refractivity contribution >= 4 is 11.9 Å². The quantitative estimate of drug-likeness (QED) is 0.745. The van der Waals surface area contributed by atoms with Crippen molar-refractivity contribution in [3.63, 3.8) is 0 Å². The fourth-order valence-electron chi connectivity index (χ4n) is 5.99. The van der Waals surface area contributed by atoms with Gasteiger partial charge in [-0.2, -0.15) is 5.26 Å². The molecule has 0 radical (unpaired) electrons. The zero-order chi connectivity index (χ0) is 19.5. The van der Waals surface area contributed by atoms with Gasteiger partial charge in [0.1, 0.15) is 6.04 Å². The van der Waals surface area contributed by atoms with E-state index in [-0.39, 0.29) is 18.0 Å². The van der Waals surface area contributed by atoms with E-state index < -0.39 is 0 Å². The number of urea groups is 1. The minimum Gasteiger partial charge on any atom is -0.327 e. The van der Waals surface area contributed by atoms with Crippen molar-refractivity contribution in [1.29, 1.82) is 5.26 Å². The van der Waals surface area contributed by atoms with Crippen LogP contribution in [-0.4, -0.2) is 65.4 Å². The monoisotopic (exact) mass is 386 g/mol. The van der Waals surface area contributed by atoms with Crippen LogP contribution >= 0.6 is 0 Å². The Bertz CT molecular complexity index is 611. The highest BCUT2D eigenvalue weighted by atomic mass is 16.2. The first-order valence-electron chi connectivity index (χ1n) is 11.4. The Morgan fingerprint density at radius 3 is 2.32 bits per heavy atom. The van der Waals surface area contributed by atoms with Crippen LogP contribution in [0.25, 0.3) is 0 Å². The van der Waals surface area contributed by atoms with E-state index in [1.54, 1.807) is 4.90 Å². The predicted molar refractivity (Wildman–Crippen MR) is 106 cm³/mol. The van der Waals surface area contributed by atoms with Crippen molar-refractivity contribution in [2.24, 2.45) is 17.8 Å². The molecule has 3 aliphatic heterocycles. The summed E-state index contributed by atoms with van der Waals surface area (Å²) in [4.78, 5) is 31.1. The van der Waals surface area contributed by atoms with Crippen molar-refractivity contribution in [3.8, 4) is 6.07 Å². The fourth-order valence-corrected chi connectivity index (χ4v) is 5.99. The van der Waals surface area contributed by atoms with Gasteiger partial charge in [-0.3, -0.25) is 4.79 Å². The molecule has 3 saturated heterocycles. The molecule has 3 heterocycles. The number of amides is 3. The first kappa shape index (κ1) is 19.5. The minimum absolute atomic E-state index is 0.167. The third-order valence-corrected chi connectivity index (χ3v) is 7.47. The Morgan fingerprint density at radius 2 is 1.64 bits per heavy atom. The molecule has 28 heavy (non-hydrogen) atoms. The Balaban J connectivity index is 1.17. The van der Waals surface area contributed by atoms with Crippen LogP contribution in [0, 0.1) is 29.1 Å². The van der Waals surface area contributed by atoms with E-state index in [2.05, 4.69) is 15.9 Å². The number of hydrogen-bond donors (Lipinski definition) is 0. The Kier molecular flexibility index (Phi) is 6.08. The molecule has 0 N–H and O–H groups in total. The van der Waals surface area contributed by atoms with Gasteiger partial charge in [0.25, 0.3) is 0 Å². The summed E-state index contributed by atoms with van der Waals surface area (Å²) < 4.78 is 0. The second kappa shape index (κ2) is 8.71. The van der Waals surface area contributed by atoms with Gasteiger partial charge < -0.3 is 14.7 Å². The average molecular weight is 387 g/mol. The molecule has 4 aliphatic rings. The smallest absolute Gasteiger partial charge is 0.320 e. The van der Waals surface area contributed by atoms with Gasteiger partial charge in [0.05, 0.1) is 6.07 Å². The molecule has 6 heteroatoms. The van der Waals surface area contributed by atoms with Crippen molar-refractivity contribution in [1.82, 2.24) is 14.7 Å². The molecule has 0 spiro atoms. The third kappa shape index (κ3) is 4.14. The van der Waals surface area contributed by atoms with E-state index in [0.29, 0.717) is 24.2 Å². The molecule has 4 atom stereocenters. The number of likely N-dealkylation sites (tertiary alicyclic amines) is 3. The maximum atomic E-state index is 12.7. The molecular formula is C22H34N4O2. The van der Waals surface area contributed by atoms with Gasteiger partial charge in [-0.05, 0) is 75.5 Å². The highest BCUT2D eigenvalue weighted by Crippen LogP contribution is 2.43. The van der Waals surface area contributed by atoms with Gasteiger partial charge in [-0.25, -0.2) is 4.79 Å². The molecule has 0 bridgehead atoms. The van der Waals surface area contributed by atoms with Crippen LogP contribution in [-0.2, 0) is 4.79 Å². The molecular weight excluding hydrogens is 352 g/mol. The van der Waals surface area contributed by atoms with Gasteiger partial charge in [0.2, 0.25) is 5.91 Å². The second-order valence-electron chi connectivity index (χ2n) is 9.36.